The van der Waals surface area contributed by atoms with Gasteiger partial charge in [0.15, 0.2) is 0 Å². The Hall–Kier alpha value is -3.79. The number of nitrogens with one attached hydrogen (secondary N) is 2. The highest BCUT2D eigenvalue weighted by Crippen LogP contribution is 2.29. The molecule has 184 valence electrons. The molecule has 2 amide bonds. The van der Waals surface area contributed by atoms with E-state index in [2.05, 4.69) is 20.6 Å². The quantitative estimate of drug-likeness (QED) is 0.353. The van der Waals surface area contributed by atoms with Crippen LogP contribution in [0, 0.1) is 5.82 Å². The summed E-state index contributed by atoms with van der Waals surface area (Å²) in [4.78, 5) is 34.7. The monoisotopic (exact) mass is 481 g/mol. The maximum absolute atomic E-state index is 14.9. The summed E-state index contributed by atoms with van der Waals surface area (Å²) in [5.74, 6) is -0.371. The fourth-order valence-electron chi connectivity index (χ4n) is 4.06. The van der Waals surface area contributed by atoms with Gasteiger partial charge in [0.25, 0.3) is 0 Å². The summed E-state index contributed by atoms with van der Waals surface area (Å²) < 4.78 is 25.3. The van der Waals surface area contributed by atoms with Crippen LogP contribution in [0.3, 0.4) is 0 Å². The minimum atomic E-state index is -0.515. The fourth-order valence-corrected chi connectivity index (χ4v) is 4.06. The topological polar surface area (TPSA) is 106 Å². The Morgan fingerprint density at radius 2 is 1.91 bits per heavy atom. The molecule has 1 aliphatic rings. The molecule has 9 nitrogen and oxygen atoms in total. The zero-order valence-corrected chi connectivity index (χ0v) is 19.7. The molecule has 1 saturated heterocycles. The second-order valence-corrected chi connectivity index (χ2v) is 8.37. The third-order valence-corrected chi connectivity index (χ3v) is 5.84. The number of rotatable bonds is 9. The SMILES string of the molecule is COCCOc1cc(F)c2c(Nc3ccc(NC(=O)CC(=O)N4CCC[C@H]4C)cc3)ncnc2c1. The number of carbonyl (C=O) groups is 2. The van der Waals surface area contributed by atoms with Crippen LogP contribution in [-0.4, -0.2) is 59.6 Å². The molecule has 2 aromatic carbocycles. The van der Waals surface area contributed by atoms with Crippen LogP contribution in [0.1, 0.15) is 26.2 Å². The predicted octanol–water partition coefficient (Wildman–Crippen LogP) is 3.88. The van der Waals surface area contributed by atoms with Crippen molar-refractivity contribution in [1.82, 2.24) is 14.9 Å². The lowest BCUT2D eigenvalue weighted by atomic mass is 10.2. The number of ether oxygens (including phenoxy) is 2. The van der Waals surface area contributed by atoms with Gasteiger partial charge in [0, 0.05) is 43.2 Å². The Bertz CT molecular complexity index is 1200. The molecule has 1 aromatic heterocycles. The maximum Gasteiger partial charge on any atom is 0.233 e. The van der Waals surface area contributed by atoms with Crippen LogP contribution in [0.25, 0.3) is 10.9 Å². The molecule has 0 aliphatic carbocycles. The largest absolute Gasteiger partial charge is 0.491 e. The molecular formula is C25H28FN5O4. The Balaban J connectivity index is 1.40. The van der Waals surface area contributed by atoms with Gasteiger partial charge < -0.3 is 25.0 Å². The number of anilines is 3. The molecule has 0 radical (unpaired) electrons. The first kappa shape index (κ1) is 24.3. The Morgan fingerprint density at radius 3 is 2.63 bits per heavy atom. The minimum Gasteiger partial charge on any atom is -0.491 e. The van der Waals surface area contributed by atoms with Crippen molar-refractivity contribution >= 4 is 39.9 Å². The minimum absolute atomic E-state index is 0.157. The van der Waals surface area contributed by atoms with Crippen LogP contribution >= 0.6 is 0 Å². The van der Waals surface area contributed by atoms with Gasteiger partial charge in [0.2, 0.25) is 11.8 Å². The molecule has 2 N–H and O–H groups in total. The van der Waals surface area contributed by atoms with Gasteiger partial charge >= 0.3 is 0 Å². The van der Waals surface area contributed by atoms with E-state index in [0.29, 0.717) is 48.2 Å². The lowest BCUT2D eigenvalue weighted by Gasteiger charge is -2.21. The first-order valence-corrected chi connectivity index (χ1v) is 11.5. The first-order valence-electron chi connectivity index (χ1n) is 11.5. The second kappa shape index (κ2) is 11.1. The van der Waals surface area contributed by atoms with Gasteiger partial charge in [0.1, 0.15) is 36.7 Å². The molecule has 0 bridgehead atoms. The zero-order valence-electron chi connectivity index (χ0n) is 19.7. The van der Waals surface area contributed by atoms with Crippen molar-refractivity contribution in [2.75, 3.05) is 37.5 Å². The van der Waals surface area contributed by atoms with Crippen LogP contribution in [0.15, 0.2) is 42.7 Å². The fraction of sp³-hybridized carbons (Fsp3) is 0.360. The standard InChI is InChI=1S/C25H28FN5O4/c1-16-4-3-9-31(16)23(33)14-22(32)29-17-5-7-18(8-6-17)30-25-24-20(26)12-19(35-11-10-34-2)13-21(24)27-15-28-25/h5-8,12-13,15-16H,3-4,9-11,14H2,1-2H3,(H,29,32)(H,27,28,30)/t16-/m1/s1. The first-order chi connectivity index (χ1) is 16.9. The number of hydrogen-bond acceptors (Lipinski definition) is 7. The van der Waals surface area contributed by atoms with Gasteiger partial charge in [-0.2, -0.15) is 0 Å². The van der Waals surface area contributed by atoms with Gasteiger partial charge in [-0.1, -0.05) is 0 Å². The number of hydrogen-bond donors (Lipinski definition) is 2. The number of nitrogens with zero attached hydrogens (tertiary/aromatic N) is 3. The van der Waals surface area contributed by atoms with Crippen molar-refractivity contribution in [3.8, 4) is 5.75 Å². The number of carbonyl (C=O) groups excluding carboxylic acids is 2. The van der Waals surface area contributed by atoms with Crippen LogP contribution < -0.4 is 15.4 Å². The molecule has 1 aliphatic heterocycles. The third-order valence-electron chi connectivity index (χ3n) is 5.84. The molecule has 0 unspecified atom stereocenters. The van der Waals surface area contributed by atoms with E-state index >= 15 is 0 Å². The average molecular weight is 482 g/mol. The Labute approximate surface area is 202 Å². The molecule has 0 saturated carbocycles. The molecular weight excluding hydrogens is 453 g/mol. The number of methoxy groups -OCH3 is 1. The van der Waals surface area contributed by atoms with Crippen molar-refractivity contribution in [2.45, 2.75) is 32.2 Å². The summed E-state index contributed by atoms with van der Waals surface area (Å²) in [7, 11) is 1.56. The molecule has 4 rings (SSSR count). The van der Waals surface area contributed by atoms with Gasteiger partial charge in [0.05, 0.1) is 17.5 Å². The van der Waals surface area contributed by atoms with E-state index in [1.807, 2.05) is 6.92 Å². The van der Waals surface area contributed by atoms with Crippen molar-refractivity contribution in [3.63, 3.8) is 0 Å². The van der Waals surface area contributed by atoms with E-state index < -0.39 is 5.82 Å². The third kappa shape index (κ3) is 6.02. The number of likely N-dealkylation sites (tertiary alicyclic amines) is 1. The van der Waals surface area contributed by atoms with E-state index in [-0.39, 0.29) is 29.7 Å². The number of aromatic nitrogens is 2. The lowest BCUT2D eigenvalue weighted by Crippen LogP contribution is -2.35. The van der Waals surface area contributed by atoms with E-state index in [1.54, 1.807) is 42.3 Å². The van der Waals surface area contributed by atoms with Gasteiger partial charge in [-0.05, 0) is 44.0 Å². The number of benzene rings is 2. The van der Waals surface area contributed by atoms with E-state index in [1.165, 1.54) is 12.4 Å². The molecule has 0 spiro atoms. The highest BCUT2D eigenvalue weighted by molar-refractivity contribution is 6.03. The average Bonchev–Trinajstić information content (AvgIpc) is 3.26. The van der Waals surface area contributed by atoms with Gasteiger partial charge in [-0.15, -0.1) is 0 Å². The molecule has 10 heteroatoms. The Kier molecular flexibility index (Phi) is 7.71. The smallest absolute Gasteiger partial charge is 0.233 e. The molecule has 2 heterocycles. The summed E-state index contributed by atoms with van der Waals surface area (Å²) in [6.45, 7) is 3.39. The number of halogens is 1. The molecule has 35 heavy (non-hydrogen) atoms. The zero-order chi connectivity index (χ0) is 24.8. The number of amides is 2. The van der Waals surface area contributed by atoms with E-state index in [0.717, 1.165) is 12.8 Å². The Morgan fingerprint density at radius 1 is 1.14 bits per heavy atom. The van der Waals surface area contributed by atoms with Crippen LogP contribution in [-0.2, 0) is 14.3 Å². The van der Waals surface area contributed by atoms with Crippen LogP contribution in [0.4, 0.5) is 21.6 Å². The van der Waals surface area contributed by atoms with Crippen LogP contribution in [0.2, 0.25) is 0 Å². The molecule has 1 atom stereocenters. The summed E-state index contributed by atoms with van der Waals surface area (Å²) >= 11 is 0. The highest BCUT2D eigenvalue weighted by atomic mass is 19.1. The maximum atomic E-state index is 14.9. The van der Waals surface area contributed by atoms with Crippen molar-refractivity contribution < 1.29 is 23.5 Å². The summed E-state index contributed by atoms with van der Waals surface area (Å²) in [5.41, 5.74) is 1.60. The summed E-state index contributed by atoms with van der Waals surface area (Å²) in [5, 5.41) is 6.07. The van der Waals surface area contributed by atoms with Crippen molar-refractivity contribution in [2.24, 2.45) is 0 Å². The van der Waals surface area contributed by atoms with Crippen LogP contribution in [0.5, 0.6) is 5.75 Å². The summed E-state index contributed by atoms with van der Waals surface area (Å²) in [6, 6.07) is 9.97. The van der Waals surface area contributed by atoms with Gasteiger partial charge in [-0.3, -0.25) is 9.59 Å². The highest BCUT2D eigenvalue weighted by Gasteiger charge is 2.26. The summed E-state index contributed by atoms with van der Waals surface area (Å²) in [6.07, 6.45) is 3.10. The molecule has 3 aromatic rings. The molecule has 1 fully saturated rings. The van der Waals surface area contributed by atoms with Crippen molar-refractivity contribution in [3.05, 3.63) is 48.5 Å². The number of fused-ring (bicyclic) bond motifs is 1. The van der Waals surface area contributed by atoms with Crippen molar-refractivity contribution in [1.29, 1.82) is 0 Å². The second-order valence-electron chi connectivity index (χ2n) is 8.37. The van der Waals surface area contributed by atoms with Gasteiger partial charge in [-0.25, -0.2) is 14.4 Å². The normalized spacial score (nSPS) is 15.3. The van der Waals surface area contributed by atoms with E-state index in [4.69, 9.17) is 9.47 Å². The van der Waals surface area contributed by atoms with E-state index in [9.17, 15) is 14.0 Å². The lowest BCUT2D eigenvalue weighted by molar-refractivity contribution is -0.135. The predicted molar refractivity (Wildman–Crippen MR) is 130 cm³/mol.